The Morgan fingerprint density at radius 1 is 1.70 bits per heavy atom. The van der Waals surface area contributed by atoms with Gasteiger partial charge in [0.15, 0.2) is 0 Å². The number of allylic oxidation sites excluding steroid dienone is 1. The monoisotopic (exact) mass is 139 g/mol. The summed E-state index contributed by atoms with van der Waals surface area (Å²) in [6.45, 7) is 2.98. The standard InChI is InChI=1S/C9H17N/c1-2-3-4-8-7-9(8)5-6-10/h5,8H,2-4,6-7,10H2,1H3/b9-5-. The smallest absolute Gasteiger partial charge is 0.0109 e. The van der Waals surface area contributed by atoms with Gasteiger partial charge in [-0.3, -0.25) is 0 Å². The van der Waals surface area contributed by atoms with Crippen LogP contribution in [0, 0.1) is 5.92 Å². The largest absolute Gasteiger partial charge is 0.327 e. The van der Waals surface area contributed by atoms with Crippen LogP contribution in [0.2, 0.25) is 0 Å². The summed E-state index contributed by atoms with van der Waals surface area (Å²) in [5, 5.41) is 0. The first-order valence-electron chi connectivity index (χ1n) is 4.27. The number of unbranched alkanes of at least 4 members (excludes halogenated alkanes) is 1. The van der Waals surface area contributed by atoms with Gasteiger partial charge in [-0.2, -0.15) is 0 Å². The van der Waals surface area contributed by atoms with Crippen molar-refractivity contribution < 1.29 is 0 Å². The van der Waals surface area contributed by atoms with Gasteiger partial charge in [0.25, 0.3) is 0 Å². The van der Waals surface area contributed by atoms with E-state index in [2.05, 4.69) is 13.0 Å². The number of hydrogen-bond donors (Lipinski definition) is 1. The van der Waals surface area contributed by atoms with E-state index in [1.165, 1.54) is 25.7 Å². The third-order valence-corrected chi connectivity index (χ3v) is 2.13. The number of nitrogens with two attached hydrogens (primary N) is 1. The molecule has 1 atom stereocenters. The van der Waals surface area contributed by atoms with Crippen LogP contribution >= 0.6 is 0 Å². The van der Waals surface area contributed by atoms with Crippen LogP contribution in [0.4, 0.5) is 0 Å². The molecule has 1 fully saturated rings. The summed E-state index contributed by atoms with van der Waals surface area (Å²) in [5.74, 6) is 0.920. The third kappa shape index (κ3) is 2.14. The molecule has 2 N–H and O–H groups in total. The summed E-state index contributed by atoms with van der Waals surface area (Å²) < 4.78 is 0. The van der Waals surface area contributed by atoms with E-state index in [4.69, 9.17) is 5.73 Å². The Hall–Kier alpha value is -0.300. The Labute approximate surface area is 63.3 Å². The molecule has 10 heavy (non-hydrogen) atoms. The normalized spacial score (nSPS) is 27.4. The predicted octanol–water partition coefficient (Wildman–Crippen LogP) is 2.08. The van der Waals surface area contributed by atoms with Crippen LogP contribution < -0.4 is 5.73 Å². The van der Waals surface area contributed by atoms with Crippen LogP contribution in [0.25, 0.3) is 0 Å². The molecule has 1 aliphatic carbocycles. The zero-order chi connectivity index (χ0) is 7.40. The summed E-state index contributed by atoms with van der Waals surface area (Å²) in [4.78, 5) is 0. The van der Waals surface area contributed by atoms with Crippen molar-refractivity contribution in [3.05, 3.63) is 11.6 Å². The van der Waals surface area contributed by atoms with Crippen molar-refractivity contribution in [3.8, 4) is 0 Å². The molecule has 0 aromatic heterocycles. The molecule has 0 radical (unpaired) electrons. The molecule has 58 valence electrons. The predicted molar refractivity (Wildman–Crippen MR) is 44.8 cm³/mol. The van der Waals surface area contributed by atoms with Gasteiger partial charge in [0, 0.05) is 6.54 Å². The maximum Gasteiger partial charge on any atom is 0.0109 e. The zero-order valence-electron chi connectivity index (χ0n) is 6.77. The van der Waals surface area contributed by atoms with Gasteiger partial charge in [0.05, 0.1) is 0 Å². The quantitative estimate of drug-likeness (QED) is 0.593. The maximum atomic E-state index is 5.38. The average Bonchev–Trinajstić information content (AvgIpc) is 2.65. The molecule has 0 bridgehead atoms. The second-order valence-corrected chi connectivity index (χ2v) is 3.06. The zero-order valence-corrected chi connectivity index (χ0v) is 6.77. The highest BCUT2D eigenvalue weighted by atomic mass is 14.5. The Morgan fingerprint density at radius 2 is 2.50 bits per heavy atom. The molecular weight excluding hydrogens is 122 g/mol. The molecule has 0 heterocycles. The van der Waals surface area contributed by atoms with Crippen molar-refractivity contribution in [1.29, 1.82) is 0 Å². The fourth-order valence-electron chi connectivity index (χ4n) is 1.36. The molecule has 0 aromatic rings. The average molecular weight is 139 g/mol. The second-order valence-electron chi connectivity index (χ2n) is 3.06. The SMILES string of the molecule is CCCCC1C/C1=C/CN. The van der Waals surface area contributed by atoms with E-state index in [9.17, 15) is 0 Å². The van der Waals surface area contributed by atoms with Gasteiger partial charge in [0.1, 0.15) is 0 Å². The molecular formula is C9H17N. The minimum atomic E-state index is 0.734. The van der Waals surface area contributed by atoms with Gasteiger partial charge >= 0.3 is 0 Å². The lowest BCUT2D eigenvalue weighted by Crippen LogP contribution is -1.92. The minimum Gasteiger partial charge on any atom is -0.327 e. The van der Waals surface area contributed by atoms with Gasteiger partial charge in [-0.15, -0.1) is 0 Å². The van der Waals surface area contributed by atoms with Crippen molar-refractivity contribution >= 4 is 0 Å². The van der Waals surface area contributed by atoms with Crippen molar-refractivity contribution in [2.45, 2.75) is 32.6 Å². The van der Waals surface area contributed by atoms with E-state index in [0.717, 1.165) is 12.5 Å². The van der Waals surface area contributed by atoms with E-state index in [0.29, 0.717) is 0 Å². The summed E-state index contributed by atoms with van der Waals surface area (Å²) >= 11 is 0. The van der Waals surface area contributed by atoms with E-state index < -0.39 is 0 Å². The maximum absolute atomic E-state index is 5.38. The van der Waals surface area contributed by atoms with Crippen molar-refractivity contribution in [1.82, 2.24) is 0 Å². The molecule has 1 rings (SSSR count). The summed E-state index contributed by atoms with van der Waals surface area (Å²) in [6.07, 6.45) is 7.61. The summed E-state index contributed by atoms with van der Waals surface area (Å²) in [6, 6.07) is 0. The highest BCUT2D eigenvalue weighted by Crippen LogP contribution is 2.41. The lowest BCUT2D eigenvalue weighted by atomic mass is 10.2. The fraction of sp³-hybridized carbons (Fsp3) is 0.778. The molecule has 0 saturated heterocycles. The molecule has 1 nitrogen and oxygen atoms in total. The fourth-order valence-corrected chi connectivity index (χ4v) is 1.36. The van der Waals surface area contributed by atoms with E-state index in [-0.39, 0.29) is 0 Å². The molecule has 1 saturated carbocycles. The van der Waals surface area contributed by atoms with Gasteiger partial charge in [-0.25, -0.2) is 0 Å². The summed E-state index contributed by atoms with van der Waals surface area (Å²) in [7, 11) is 0. The number of hydrogen-bond acceptors (Lipinski definition) is 1. The lowest BCUT2D eigenvalue weighted by molar-refractivity contribution is 0.668. The second kappa shape index (κ2) is 3.77. The van der Waals surface area contributed by atoms with Gasteiger partial charge in [-0.05, 0) is 18.8 Å². The molecule has 1 aliphatic rings. The van der Waals surface area contributed by atoms with E-state index in [1.807, 2.05) is 0 Å². The van der Waals surface area contributed by atoms with Crippen LogP contribution in [0.1, 0.15) is 32.6 Å². The van der Waals surface area contributed by atoms with Crippen LogP contribution in [-0.4, -0.2) is 6.54 Å². The van der Waals surface area contributed by atoms with Crippen LogP contribution in [-0.2, 0) is 0 Å². The topological polar surface area (TPSA) is 26.0 Å². The Kier molecular flexibility index (Phi) is 2.94. The first-order chi connectivity index (χ1) is 4.88. The van der Waals surface area contributed by atoms with E-state index in [1.54, 1.807) is 5.57 Å². The highest BCUT2D eigenvalue weighted by Gasteiger charge is 2.27. The lowest BCUT2D eigenvalue weighted by Gasteiger charge is -1.90. The van der Waals surface area contributed by atoms with Gasteiger partial charge in [0.2, 0.25) is 0 Å². The Morgan fingerprint density at radius 3 is 3.10 bits per heavy atom. The Balaban J connectivity index is 2.07. The van der Waals surface area contributed by atoms with Crippen LogP contribution in [0.3, 0.4) is 0 Å². The molecule has 0 amide bonds. The van der Waals surface area contributed by atoms with Crippen molar-refractivity contribution in [2.75, 3.05) is 6.54 Å². The van der Waals surface area contributed by atoms with Crippen LogP contribution in [0.5, 0.6) is 0 Å². The molecule has 1 heteroatoms. The van der Waals surface area contributed by atoms with Crippen LogP contribution in [0.15, 0.2) is 11.6 Å². The minimum absolute atomic E-state index is 0.734. The molecule has 0 spiro atoms. The third-order valence-electron chi connectivity index (χ3n) is 2.13. The molecule has 0 aliphatic heterocycles. The molecule has 0 aromatic carbocycles. The van der Waals surface area contributed by atoms with E-state index >= 15 is 0 Å². The highest BCUT2D eigenvalue weighted by molar-refractivity contribution is 5.23. The van der Waals surface area contributed by atoms with Gasteiger partial charge in [-0.1, -0.05) is 31.4 Å². The van der Waals surface area contributed by atoms with Gasteiger partial charge < -0.3 is 5.73 Å². The first-order valence-corrected chi connectivity index (χ1v) is 4.27. The number of rotatable bonds is 4. The first kappa shape index (κ1) is 7.80. The molecule has 1 unspecified atom stereocenters. The van der Waals surface area contributed by atoms with Crippen molar-refractivity contribution in [3.63, 3.8) is 0 Å². The Bertz CT molecular complexity index is 127. The van der Waals surface area contributed by atoms with Crippen molar-refractivity contribution in [2.24, 2.45) is 11.7 Å². The summed E-state index contributed by atoms with van der Waals surface area (Å²) in [5.41, 5.74) is 6.99.